The second kappa shape index (κ2) is 3.93. The SMILES string of the molecule is CC(C)c1ccc(C(C)C)c2c1COC2=O. The molecule has 1 aromatic rings. The van der Waals surface area contributed by atoms with Crippen LogP contribution in [0.5, 0.6) is 0 Å². The average molecular weight is 218 g/mol. The summed E-state index contributed by atoms with van der Waals surface area (Å²) in [7, 11) is 0. The molecule has 0 amide bonds. The molecule has 0 saturated carbocycles. The van der Waals surface area contributed by atoms with Gasteiger partial charge in [0.05, 0.1) is 5.56 Å². The molecule has 0 aliphatic carbocycles. The Bertz CT molecular complexity index is 431. The maximum absolute atomic E-state index is 11.7. The van der Waals surface area contributed by atoms with Crippen molar-refractivity contribution in [3.63, 3.8) is 0 Å². The third kappa shape index (κ3) is 1.62. The van der Waals surface area contributed by atoms with Gasteiger partial charge < -0.3 is 4.74 Å². The van der Waals surface area contributed by atoms with Crippen LogP contribution in [0.15, 0.2) is 12.1 Å². The summed E-state index contributed by atoms with van der Waals surface area (Å²) in [5.41, 5.74) is 4.28. The molecule has 1 aliphatic heterocycles. The van der Waals surface area contributed by atoms with Crippen LogP contribution in [0.1, 0.15) is 66.6 Å². The largest absolute Gasteiger partial charge is 0.457 e. The molecule has 0 radical (unpaired) electrons. The first kappa shape index (κ1) is 11.2. The van der Waals surface area contributed by atoms with Crippen molar-refractivity contribution in [3.05, 3.63) is 34.4 Å². The minimum atomic E-state index is -0.152. The molecule has 1 aromatic carbocycles. The van der Waals surface area contributed by atoms with Gasteiger partial charge in [-0.05, 0) is 23.0 Å². The average Bonchev–Trinajstić information content (AvgIpc) is 2.59. The molecule has 1 aliphatic rings. The lowest BCUT2D eigenvalue weighted by atomic mass is 9.88. The Morgan fingerprint density at radius 3 is 2.19 bits per heavy atom. The summed E-state index contributed by atoms with van der Waals surface area (Å²) in [4.78, 5) is 11.7. The Hall–Kier alpha value is -1.31. The molecule has 0 atom stereocenters. The molecule has 1 heterocycles. The molecule has 2 nitrogen and oxygen atoms in total. The Kier molecular flexibility index (Phi) is 2.75. The molecule has 2 heteroatoms. The molecule has 16 heavy (non-hydrogen) atoms. The van der Waals surface area contributed by atoms with Gasteiger partial charge in [-0.15, -0.1) is 0 Å². The smallest absolute Gasteiger partial charge is 0.339 e. The minimum absolute atomic E-state index is 0.152. The van der Waals surface area contributed by atoms with Gasteiger partial charge in [0.2, 0.25) is 0 Å². The number of rotatable bonds is 2. The summed E-state index contributed by atoms with van der Waals surface area (Å²) in [5.74, 6) is 0.645. The standard InChI is InChI=1S/C14H18O2/c1-8(2)10-5-6-11(9(3)4)13-12(10)7-16-14(13)15/h5-6,8-9H,7H2,1-4H3. The molecule has 0 N–H and O–H groups in total. The summed E-state index contributed by atoms with van der Waals surface area (Å²) < 4.78 is 5.17. The maximum Gasteiger partial charge on any atom is 0.339 e. The monoisotopic (exact) mass is 218 g/mol. The van der Waals surface area contributed by atoms with Crippen LogP contribution in [0.4, 0.5) is 0 Å². The third-order valence-electron chi connectivity index (χ3n) is 3.18. The molecule has 2 rings (SSSR count). The van der Waals surface area contributed by atoms with Gasteiger partial charge in [0.1, 0.15) is 6.61 Å². The molecule has 0 fully saturated rings. The van der Waals surface area contributed by atoms with E-state index in [9.17, 15) is 4.79 Å². The van der Waals surface area contributed by atoms with Crippen LogP contribution in [0.3, 0.4) is 0 Å². The topological polar surface area (TPSA) is 26.3 Å². The first-order chi connectivity index (χ1) is 7.52. The fourth-order valence-corrected chi connectivity index (χ4v) is 2.31. The van der Waals surface area contributed by atoms with E-state index >= 15 is 0 Å². The number of carbonyl (C=O) groups excluding carboxylic acids is 1. The lowest BCUT2D eigenvalue weighted by Gasteiger charge is -2.14. The van der Waals surface area contributed by atoms with Gasteiger partial charge in [0, 0.05) is 5.56 Å². The van der Waals surface area contributed by atoms with E-state index in [0.717, 1.165) is 16.7 Å². The minimum Gasteiger partial charge on any atom is -0.457 e. The molecule has 0 saturated heterocycles. The summed E-state index contributed by atoms with van der Waals surface area (Å²) in [6, 6.07) is 4.21. The zero-order valence-corrected chi connectivity index (χ0v) is 10.3. The lowest BCUT2D eigenvalue weighted by molar-refractivity contribution is 0.0533. The second-order valence-electron chi connectivity index (χ2n) is 4.98. The molecule has 0 aromatic heterocycles. The Labute approximate surface area is 96.6 Å². The van der Waals surface area contributed by atoms with Crippen LogP contribution in [-0.4, -0.2) is 5.97 Å². The zero-order valence-electron chi connectivity index (χ0n) is 10.3. The Morgan fingerprint density at radius 1 is 1.06 bits per heavy atom. The van der Waals surface area contributed by atoms with Crippen LogP contribution < -0.4 is 0 Å². The van der Waals surface area contributed by atoms with E-state index in [2.05, 4.69) is 39.8 Å². The summed E-state index contributed by atoms with van der Waals surface area (Å²) in [5, 5.41) is 0. The van der Waals surface area contributed by atoms with Crippen molar-refractivity contribution in [2.24, 2.45) is 0 Å². The van der Waals surface area contributed by atoms with Gasteiger partial charge in [-0.1, -0.05) is 39.8 Å². The fourth-order valence-electron chi connectivity index (χ4n) is 2.31. The van der Waals surface area contributed by atoms with Crippen molar-refractivity contribution in [1.29, 1.82) is 0 Å². The van der Waals surface area contributed by atoms with Gasteiger partial charge in [-0.25, -0.2) is 4.79 Å². The van der Waals surface area contributed by atoms with Crippen molar-refractivity contribution in [2.75, 3.05) is 0 Å². The van der Waals surface area contributed by atoms with E-state index in [1.54, 1.807) is 0 Å². The van der Waals surface area contributed by atoms with Crippen molar-refractivity contribution >= 4 is 5.97 Å². The summed E-state index contributed by atoms with van der Waals surface area (Å²) in [6.07, 6.45) is 0. The third-order valence-corrected chi connectivity index (χ3v) is 3.18. The number of benzene rings is 1. The van der Waals surface area contributed by atoms with E-state index < -0.39 is 0 Å². The number of hydrogen-bond acceptors (Lipinski definition) is 2. The van der Waals surface area contributed by atoms with Gasteiger partial charge in [-0.3, -0.25) is 0 Å². The first-order valence-electron chi connectivity index (χ1n) is 5.85. The normalized spacial score (nSPS) is 14.5. The number of hydrogen-bond donors (Lipinski definition) is 0. The number of esters is 1. The number of ether oxygens (including phenoxy) is 1. The van der Waals surface area contributed by atoms with Crippen LogP contribution >= 0.6 is 0 Å². The maximum atomic E-state index is 11.7. The van der Waals surface area contributed by atoms with Crippen LogP contribution in [-0.2, 0) is 11.3 Å². The zero-order chi connectivity index (χ0) is 11.9. The van der Waals surface area contributed by atoms with Gasteiger partial charge >= 0.3 is 5.97 Å². The molecular weight excluding hydrogens is 200 g/mol. The predicted octanol–water partition coefficient (Wildman–Crippen LogP) is 3.60. The fraction of sp³-hybridized carbons (Fsp3) is 0.500. The molecule has 0 unspecified atom stereocenters. The van der Waals surface area contributed by atoms with E-state index in [-0.39, 0.29) is 5.97 Å². The Balaban J connectivity index is 2.64. The predicted molar refractivity (Wildman–Crippen MR) is 63.7 cm³/mol. The van der Waals surface area contributed by atoms with Crippen LogP contribution in [0.25, 0.3) is 0 Å². The highest BCUT2D eigenvalue weighted by Gasteiger charge is 2.28. The highest BCUT2D eigenvalue weighted by molar-refractivity contribution is 5.95. The number of fused-ring (bicyclic) bond motifs is 1. The summed E-state index contributed by atoms with van der Waals surface area (Å²) >= 11 is 0. The lowest BCUT2D eigenvalue weighted by Crippen LogP contribution is -2.04. The van der Waals surface area contributed by atoms with Crippen LogP contribution in [0.2, 0.25) is 0 Å². The molecule has 0 spiro atoms. The van der Waals surface area contributed by atoms with Crippen LogP contribution in [0, 0.1) is 0 Å². The summed E-state index contributed by atoms with van der Waals surface area (Å²) in [6.45, 7) is 8.95. The molecule has 86 valence electrons. The highest BCUT2D eigenvalue weighted by Crippen LogP contribution is 2.34. The van der Waals surface area contributed by atoms with Gasteiger partial charge in [0.25, 0.3) is 0 Å². The first-order valence-corrected chi connectivity index (χ1v) is 5.85. The number of cyclic esters (lactones) is 1. The van der Waals surface area contributed by atoms with Crippen molar-refractivity contribution in [1.82, 2.24) is 0 Å². The van der Waals surface area contributed by atoms with E-state index in [1.807, 2.05) is 0 Å². The van der Waals surface area contributed by atoms with E-state index in [1.165, 1.54) is 5.56 Å². The Morgan fingerprint density at radius 2 is 1.62 bits per heavy atom. The van der Waals surface area contributed by atoms with Gasteiger partial charge in [-0.2, -0.15) is 0 Å². The van der Waals surface area contributed by atoms with Crippen molar-refractivity contribution in [2.45, 2.75) is 46.1 Å². The quantitative estimate of drug-likeness (QED) is 0.709. The number of carbonyl (C=O) groups is 1. The molecular formula is C14H18O2. The van der Waals surface area contributed by atoms with E-state index in [0.29, 0.717) is 18.4 Å². The van der Waals surface area contributed by atoms with Crippen molar-refractivity contribution < 1.29 is 9.53 Å². The highest BCUT2D eigenvalue weighted by atomic mass is 16.5. The van der Waals surface area contributed by atoms with E-state index in [4.69, 9.17) is 4.74 Å². The second-order valence-corrected chi connectivity index (χ2v) is 4.98. The van der Waals surface area contributed by atoms with Gasteiger partial charge in [0.15, 0.2) is 0 Å². The molecule has 0 bridgehead atoms. The van der Waals surface area contributed by atoms with Crippen molar-refractivity contribution in [3.8, 4) is 0 Å².